The summed E-state index contributed by atoms with van der Waals surface area (Å²) in [4.78, 5) is -0.567. The maximum atomic E-state index is 14.1. The molecule has 0 bridgehead atoms. The van der Waals surface area contributed by atoms with Gasteiger partial charge in [-0.25, -0.2) is 21.9 Å². The molecule has 1 aromatic carbocycles. The minimum atomic E-state index is -4.03. The summed E-state index contributed by atoms with van der Waals surface area (Å²) in [5.41, 5.74) is -0.290. The summed E-state index contributed by atoms with van der Waals surface area (Å²) < 4.78 is 58.4. The van der Waals surface area contributed by atoms with Crippen molar-refractivity contribution in [1.82, 2.24) is 10.0 Å². The van der Waals surface area contributed by atoms with E-state index < -0.39 is 26.6 Å². The number of nitrogens with one attached hydrogen (secondary N) is 2. The van der Waals surface area contributed by atoms with Gasteiger partial charge in [0.25, 0.3) is 0 Å². The van der Waals surface area contributed by atoms with Crippen molar-refractivity contribution >= 4 is 10.0 Å². The van der Waals surface area contributed by atoms with Crippen LogP contribution in [0.2, 0.25) is 0 Å². The lowest BCUT2D eigenvalue weighted by Gasteiger charge is -2.11. The predicted molar refractivity (Wildman–Crippen MR) is 70.8 cm³/mol. The maximum Gasteiger partial charge on any atom is 0.243 e. The average Bonchev–Trinajstić information content (AvgIpc) is 2.38. The highest BCUT2D eigenvalue weighted by Crippen LogP contribution is 2.20. The highest BCUT2D eigenvalue weighted by atomic mass is 32.2. The fourth-order valence-electron chi connectivity index (χ4n) is 1.55. The molecule has 2 N–H and O–H groups in total. The lowest BCUT2D eigenvalue weighted by atomic mass is 10.2. The molecule has 1 aromatic rings. The third-order valence-electron chi connectivity index (χ3n) is 2.59. The Hall–Kier alpha value is -1.09. The van der Waals surface area contributed by atoms with Crippen LogP contribution in [-0.4, -0.2) is 35.2 Å². The van der Waals surface area contributed by atoms with E-state index in [1.54, 1.807) is 6.92 Å². The average molecular weight is 308 g/mol. The quantitative estimate of drug-likeness (QED) is 0.703. The van der Waals surface area contributed by atoms with E-state index in [0.29, 0.717) is 6.54 Å². The summed E-state index contributed by atoms with van der Waals surface area (Å²) in [6.07, 6.45) is 0. The van der Waals surface area contributed by atoms with Crippen molar-refractivity contribution in [3.8, 4) is 0 Å². The third kappa shape index (κ3) is 4.20. The van der Waals surface area contributed by atoms with Gasteiger partial charge in [0, 0.05) is 25.8 Å². The first-order valence-corrected chi connectivity index (χ1v) is 7.58. The molecule has 0 aliphatic rings. The van der Waals surface area contributed by atoms with Crippen molar-refractivity contribution < 1.29 is 21.9 Å². The third-order valence-corrected chi connectivity index (χ3v) is 4.07. The Labute approximate surface area is 117 Å². The van der Waals surface area contributed by atoms with E-state index in [1.165, 1.54) is 7.11 Å². The Morgan fingerprint density at radius 3 is 2.60 bits per heavy atom. The first kappa shape index (κ1) is 17.0. The van der Waals surface area contributed by atoms with E-state index in [2.05, 4.69) is 10.0 Å². The smallest absolute Gasteiger partial charge is 0.243 e. The molecule has 5 nitrogen and oxygen atoms in total. The van der Waals surface area contributed by atoms with E-state index in [4.69, 9.17) is 4.74 Å². The fourth-order valence-corrected chi connectivity index (χ4v) is 2.67. The lowest BCUT2D eigenvalue weighted by molar-refractivity contribution is 0.204. The summed E-state index contributed by atoms with van der Waals surface area (Å²) in [6, 6.07) is 1.86. The van der Waals surface area contributed by atoms with Gasteiger partial charge in [-0.05, 0) is 18.7 Å². The van der Waals surface area contributed by atoms with Crippen LogP contribution in [0.15, 0.2) is 17.0 Å². The number of hydrogen-bond donors (Lipinski definition) is 2. The first-order chi connectivity index (χ1) is 9.44. The minimum absolute atomic E-state index is 0.0121. The van der Waals surface area contributed by atoms with Gasteiger partial charge in [0.15, 0.2) is 5.82 Å². The molecule has 1 rings (SSSR count). The van der Waals surface area contributed by atoms with E-state index in [1.807, 2.05) is 0 Å². The number of methoxy groups -OCH3 is 1. The molecule has 0 aromatic heterocycles. The zero-order valence-electron chi connectivity index (χ0n) is 11.4. The maximum absolute atomic E-state index is 14.1. The van der Waals surface area contributed by atoms with Gasteiger partial charge in [-0.15, -0.1) is 0 Å². The van der Waals surface area contributed by atoms with Crippen molar-refractivity contribution in [3.05, 3.63) is 29.3 Å². The number of halogens is 2. The van der Waals surface area contributed by atoms with E-state index in [0.717, 1.165) is 12.1 Å². The molecule has 0 amide bonds. The van der Waals surface area contributed by atoms with Crippen molar-refractivity contribution in [2.45, 2.75) is 18.4 Å². The molecule has 0 aliphatic carbocycles. The van der Waals surface area contributed by atoms with Crippen LogP contribution in [-0.2, 0) is 21.3 Å². The summed E-state index contributed by atoms with van der Waals surface area (Å²) in [7, 11) is -2.61. The van der Waals surface area contributed by atoms with Gasteiger partial charge in [-0.3, -0.25) is 0 Å². The van der Waals surface area contributed by atoms with E-state index in [-0.39, 0.29) is 25.3 Å². The van der Waals surface area contributed by atoms with Crippen LogP contribution in [0.1, 0.15) is 12.5 Å². The Bertz CT molecular complexity index is 550. The highest BCUT2D eigenvalue weighted by molar-refractivity contribution is 7.89. The number of benzene rings is 1. The largest absolute Gasteiger partial charge is 0.383 e. The molecule has 0 radical (unpaired) electrons. The molecule has 0 unspecified atom stereocenters. The van der Waals surface area contributed by atoms with E-state index in [9.17, 15) is 17.2 Å². The first-order valence-electron chi connectivity index (χ1n) is 6.10. The molecule has 0 aliphatic heterocycles. The second-order valence-corrected chi connectivity index (χ2v) is 5.74. The van der Waals surface area contributed by atoms with Crippen molar-refractivity contribution in [1.29, 1.82) is 0 Å². The molecule has 0 fully saturated rings. The summed E-state index contributed by atoms with van der Waals surface area (Å²) in [5.74, 6) is -1.85. The van der Waals surface area contributed by atoms with Crippen LogP contribution in [0.4, 0.5) is 8.78 Å². The Morgan fingerprint density at radius 2 is 2.00 bits per heavy atom. The normalized spacial score (nSPS) is 11.8. The van der Waals surface area contributed by atoms with Crippen LogP contribution >= 0.6 is 0 Å². The molecule has 20 heavy (non-hydrogen) atoms. The molecular formula is C12H18F2N2O3S. The Balaban J connectivity index is 3.06. The van der Waals surface area contributed by atoms with Gasteiger partial charge in [0.1, 0.15) is 10.7 Å². The molecule has 0 atom stereocenters. The zero-order chi connectivity index (χ0) is 15.2. The number of sulfonamides is 1. The van der Waals surface area contributed by atoms with Crippen molar-refractivity contribution in [3.63, 3.8) is 0 Å². The standard InChI is InChI=1S/C12H18F2N2O3S/c1-3-15-8-9-10(13)4-5-11(12(9)14)20(17,18)16-6-7-19-2/h4-5,15-16H,3,6-8H2,1-2H3. The van der Waals surface area contributed by atoms with Gasteiger partial charge in [0.05, 0.1) is 6.61 Å². The molecule has 0 saturated carbocycles. The summed E-state index contributed by atoms with van der Waals surface area (Å²) in [5, 5.41) is 2.76. The van der Waals surface area contributed by atoms with Gasteiger partial charge in [-0.1, -0.05) is 6.92 Å². The van der Waals surface area contributed by atoms with Crippen LogP contribution in [0.25, 0.3) is 0 Å². The van der Waals surface area contributed by atoms with Crippen LogP contribution in [0.3, 0.4) is 0 Å². The van der Waals surface area contributed by atoms with E-state index >= 15 is 0 Å². The summed E-state index contributed by atoms with van der Waals surface area (Å²) >= 11 is 0. The second-order valence-electron chi connectivity index (χ2n) is 4.01. The minimum Gasteiger partial charge on any atom is -0.383 e. The molecule has 0 spiro atoms. The van der Waals surface area contributed by atoms with Crippen molar-refractivity contribution in [2.24, 2.45) is 0 Å². The predicted octanol–water partition coefficient (Wildman–Crippen LogP) is 0.999. The SMILES string of the molecule is CCNCc1c(F)ccc(S(=O)(=O)NCCOC)c1F. The van der Waals surface area contributed by atoms with Crippen LogP contribution in [0.5, 0.6) is 0 Å². The molecule has 114 valence electrons. The monoisotopic (exact) mass is 308 g/mol. The van der Waals surface area contributed by atoms with Gasteiger partial charge in [-0.2, -0.15) is 0 Å². The van der Waals surface area contributed by atoms with Crippen LogP contribution < -0.4 is 10.0 Å². The molecule has 0 heterocycles. The molecule has 0 saturated heterocycles. The fraction of sp³-hybridized carbons (Fsp3) is 0.500. The summed E-state index contributed by atoms with van der Waals surface area (Å²) in [6.45, 7) is 2.39. The highest BCUT2D eigenvalue weighted by Gasteiger charge is 2.23. The van der Waals surface area contributed by atoms with Gasteiger partial charge >= 0.3 is 0 Å². The van der Waals surface area contributed by atoms with Gasteiger partial charge in [0.2, 0.25) is 10.0 Å². The number of ether oxygens (including phenoxy) is 1. The lowest BCUT2D eigenvalue weighted by Crippen LogP contribution is -2.28. The second kappa shape index (κ2) is 7.63. The van der Waals surface area contributed by atoms with Gasteiger partial charge < -0.3 is 10.1 Å². The number of hydrogen-bond acceptors (Lipinski definition) is 4. The zero-order valence-corrected chi connectivity index (χ0v) is 12.2. The Morgan fingerprint density at radius 1 is 1.30 bits per heavy atom. The topological polar surface area (TPSA) is 67.4 Å². The Kier molecular flexibility index (Phi) is 6.47. The molecule has 8 heteroatoms. The van der Waals surface area contributed by atoms with Crippen LogP contribution in [0, 0.1) is 11.6 Å². The number of rotatable bonds is 8. The molecular weight excluding hydrogens is 290 g/mol. The van der Waals surface area contributed by atoms with Crippen molar-refractivity contribution in [2.75, 3.05) is 26.8 Å².